The van der Waals surface area contributed by atoms with E-state index in [0.29, 0.717) is 12.5 Å². The third-order valence-corrected chi connectivity index (χ3v) is 3.93. The first-order chi connectivity index (χ1) is 7.15. The van der Waals surface area contributed by atoms with Gasteiger partial charge >= 0.3 is 0 Å². The third-order valence-electron chi connectivity index (χ3n) is 3.93. The van der Waals surface area contributed by atoms with E-state index in [-0.39, 0.29) is 11.5 Å². The maximum atomic E-state index is 5.93. The highest BCUT2D eigenvalue weighted by Gasteiger charge is 2.34. The summed E-state index contributed by atoms with van der Waals surface area (Å²) in [5.74, 6) is 0.693. The Morgan fingerprint density at radius 1 is 1.13 bits per heavy atom. The van der Waals surface area contributed by atoms with Crippen molar-refractivity contribution in [1.29, 1.82) is 0 Å². The van der Waals surface area contributed by atoms with E-state index < -0.39 is 0 Å². The first-order valence-electron chi connectivity index (χ1n) is 6.01. The van der Waals surface area contributed by atoms with E-state index in [0.717, 1.165) is 19.5 Å². The smallest absolute Gasteiger partial charge is 0.0168 e. The topological polar surface area (TPSA) is 104 Å². The van der Waals surface area contributed by atoms with Crippen LogP contribution in [-0.2, 0) is 0 Å². The molecule has 4 nitrogen and oxygen atoms in total. The van der Waals surface area contributed by atoms with Crippen molar-refractivity contribution in [1.82, 2.24) is 0 Å². The van der Waals surface area contributed by atoms with Gasteiger partial charge in [0.15, 0.2) is 0 Å². The van der Waals surface area contributed by atoms with Gasteiger partial charge < -0.3 is 22.9 Å². The number of hydrogen-bond acceptors (Lipinski definition) is 4. The molecule has 0 bridgehead atoms. The van der Waals surface area contributed by atoms with Crippen LogP contribution in [0.4, 0.5) is 0 Å². The average molecular weight is 214 g/mol. The predicted molar refractivity (Wildman–Crippen MR) is 64.1 cm³/mol. The van der Waals surface area contributed by atoms with Gasteiger partial charge in [-0.1, -0.05) is 0 Å². The van der Waals surface area contributed by atoms with Crippen LogP contribution in [0.5, 0.6) is 0 Å². The van der Waals surface area contributed by atoms with E-state index in [1.165, 1.54) is 25.7 Å². The SMILES string of the molecule is NCC(N)CC1(CN)CCC(CN)CC1. The summed E-state index contributed by atoms with van der Waals surface area (Å²) in [6.07, 6.45) is 5.70. The molecule has 1 saturated carbocycles. The van der Waals surface area contributed by atoms with Crippen LogP contribution in [0.15, 0.2) is 0 Å². The van der Waals surface area contributed by atoms with Crippen molar-refractivity contribution in [2.45, 2.75) is 38.1 Å². The second kappa shape index (κ2) is 5.80. The first-order valence-corrected chi connectivity index (χ1v) is 6.01. The largest absolute Gasteiger partial charge is 0.330 e. The molecule has 90 valence electrons. The van der Waals surface area contributed by atoms with Crippen LogP contribution in [-0.4, -0.2) is 25.7 Å². The van der Waals surface area contributed by atoms with Gasteiger partial charge in [0.05, 0.1) is 0 Å². The molecule has 1 rings (SSSR count). The molecule has 4 heteroatoms. The Labute approximate surface area is 92.7 Å². The maximum Gasteiger partial charge on any atom is 0.0168 e. The van der Waals surface area contributed by atoms with Gasteiger partial charge in [-0.15, -0.1) is 0 Å². The zero-order chi connectivity index (χ0) is 11.3. The monoisotopic (exact) mass is 214 g/mol. The van der Waals surface area contributed by atoms with Gasteiger partial charge in [-0.3, -0.25) is 0 Å². The number of nitrogens with two attached hydrogens (primary N) is 4. The summed E-state index contributed by atoms with van der Waals surface area (Å²) < 4.78 is 0. The molecule has 0 heterocycles. The Kier molecular flexibility index (Phi) is 4.99. The molecule has 0 aromatic heterocycles. The second-order valence-corrected chi connectivity index (χ2v) is 5.08. The normalized spacial score (nSPS) is 34.0. The predicted octanol–water partition coefficient (Wildman–Crippen LogP) is -0.243. The van der Waals surface area contributed by atoms with Crippen LogP contribution >= 0.6 is 0 Å². The summed E-state index contributed by atoms with van der Waals surface area (Å²) in [7, 11) is 0. The molecule has 0 aliphatic heterocycles. The van der Waals surface area contributed by atoms with E-state index in [1.54, 1.807) is 0 Å². The lowest BCUT2D eigenvalue weighted by Crippen LogP contribution is -2.43. The van der Waals surface area contributed by atoms with Gasteiger partial charge in [-0.2, -0.15) is 0 Å². The van der Waals surface area contributed by atoms with Crippen molar-refractivity contribution < 1.29 is 0 Å². The highest BCUT2D eigenvalue weighted by Crippen LogP contribution is 2.41. The van der Waals surface area contributed by atoms with Crippen LogP contribution < -0.4 is 22.9 Å². The molecule has 1 fully saturated rings. The minimum atomic E-state index is 0.1000. The number of hydrogen-bond donors (Lipinski definition) is 4. The van der Waals surface area contributed by atoms with Crippen molar-refractivity contribution in [3.05, 3.63) is 0 Å². The first kappa shape index (κ1) is 12.9. The Balaban J connectivity index is 2.48. The van der Waals surface area contributed by atoms with Crippen LogP contribution in [0, 0.1) is 11.3 Å². The summed E-state index contributed by atoms with van der Waals surface area (Å²) in [6.45, 7) is 2.10. The molecule has 1 aliphatic carbocycles. The maximum absolute atomic E-state index is 5.93. The van der Waals surface area contributed by atoms with Crippen molar-refractivity contribution in [3.63, 3.8) is 0 Å². The van der Waals surface area contributed by atoms with Crippen LogP contribution in [0.25, 0.3) is 0 Å². The summed E-state index contributed by atoms with van der Waals surface area (Å²) >= 11 is 0. The van der Waals surface area contributed by atoms with Gasteiger partial charge in [0.1, 0.15) is 0 Å². The van der Waals surface area contributed by atoms with Crippen LogP contribution in [0.1, 0.15) is 32.1 Å². The van der Waals surface area contributed by atoms with Crippen molar-refractivity contribution in [2.75, 3.05) is 19.6 Å². The van der Waals surface area contributed by atoms with Crippen LogP contribution in [0.2, 0.25) is 0 Å². The van der Waals surface area contributed by atoms with E-state index in [4.69, 9.17) is 22.9 Å². The Bertz CT molecular complexity index is 175. The second-order valence-electron chi connectivity index (χ2n) is 5.08. The fourth-order valence-electron chi connectivity index (χ4n) is 2.66. The minimum Gasteiger partial charge on any atom is -0.330 e. The highest BCUT2D eigenvalue weighted by molar-refractivity contribution is 4.89. The number of rotatable bonds is 5. The fourth-order valence-corrected chi connectivity index (χ4v) is 2.66. The molecule has 0 radical (unpaired) electrons. The standard InChI is InChI=1S/C11H26N4/c12-6-9-1-3-11(8-14,4-2-9)5-10(15)7-13/h9-10H,1-8,12-15H2. The van der Waals surface area contributed by atoms with E-state index in [1.807, 2.05) is 0 Å². The Hall–Kier alpha value is -0.160. The lowest BCUT2D eigenvalue weighted by atomic mass is 9.67. The molecule has 0 aromatic carbocycles. The summed E-state index contributed by atoms with van der Waals surface area (Å²) in [6, 6.07) is 0.1000. The van der Waals surface area contributed by atoms with Crippen molar-refractivity contribution >= 4 is 0 Å². The van der Waals surface area contributed by atoms with Crippen molar-refractivity contribution in [3.8, 4) is 0 Å². The molecular formula is C11H26N4. The third kappa shape index (κ3) is 3.41. The fraction of sp³-hybridized carbons (Fsp3) is 1.00. The van der Waals surface area contributed by atoms with E-state index >= 15 is 0 Å². The molecule has 1 unspecified atom stereocenters. The average Bonchev–Trinajstić information content (AvgIpc) is 2.30. The molecule has 0 aromatic rings. The van der Waals surface area contributed by atoms with Gasteiger partial charge in [0.25, 0.3) is 0 Å². The van der Waals surface area contributed by atoms with Gasteiger partial charge in [0.2, 0.25) is 0 Å². The van der Waals surface area contributed by atoms with Crippen LogP contribution in [0.3, 0.4) is 0 Å². The van der Waals surface area contributed by atoms with Gasteiger partial charge in [-0.25, -0.2) is 0 Å². The van der Waals surface area contributed by atoms with Crippen molar-refractivity contribution in [2.24, 2.45) is 34.3 Å². The molecule has 0 amide bonds. The zero-order valence-electron chi connectivity index (χ0n) is 9.62. The Morgan fingerprint density at radius 3 is 2.13 bits per heavy atom. The highest BCUT2D eigenvalue weighted by atomic mass is 14.7. The van der Waals surface area contributed by atoms with Gasteiger partial charge in [0, 0.05) is 12.6 Å². The summed E-state index contributed by atoms with van der Waals surface area (Å²) in [5, 5.41) is 0. The minimum absolute atomic E-state index is 0.1000. The van der Waals surface area contributed by atoms with Gasteiger partial charge in [-0.05, 0) is 56.5 Å². The Morgan fingerprint density at radius 2 is 1.73 bits per heavy atom. The van der Waals surface area contributed by atoms with E-state index in [2.05, 4.69) is 0 Å². The summed E-state index contributed by atoms with van der Waals surface area (Å²) in [4.78, 5) is 0. The zero-order valence-corrected chi connectivity index (χ0v) is 9.62. The molecule has 1 atom stereocenters. The molecule has 0 saturated heterocycles. The lowest BCUT2D eigenvalue weighted by Gasteiger charge is -2.40. The molecule has 8 N–H and O–H groups in total. The molecule has 15 heavy (non-hydrogen) atoms. The molecule has 0 spiro atoms. The lowest BCUT2D eigenvalue weighted by molar-refractivity contribution is 0.138. The quantitative estimate of drug-likeness (QED) is 0.507. The molecular weight excluding hydrogens is 188 g/mol. The van der Waals surface area contributed by atoms with E-state index in [9.17, 15) is 0 Å². The molecule has 1 aliphatic rings. The summed E-state index contributed by atoms with van der Waals surface area (Å²) in [5.41, 5.74) is 23.3.